The topological polar surface area (TPSA) is 91.3 Å². The van der Waals surface area contributed by atoms with Crippen molar-refractivity contribution in [3.05, 3.63) is 35.9 Å². The first-order chi connectivity index (χ1) is 14.1. The number of carbonyl (C=O) groups excluding carboxylic acids is 2. The van der Waals surface area contributed by atoms with Gasteiger partial charge < -0.3 is 29.7 Å². The number of likely N-dealkylation sites (tertiary alicyclic amines) is 2. The summed E-state index contributed by atoms with van der Waals surface area (Å²) in [5.74, 6) is 0. The lowest BCUT2D eigenvalue weighted by Crippen LogP contribution is -2.68. The van der Waals surface area contributed by atoms with E-state index in [-0.39, 0.29) is 31.8 Å². The van der Waals surface area contributed by atoms with E-state index >= 15 is 0 Å². The summed E-state index contributed by atoms with van der Waals surface area (Å²) in [5.41, 5.74) is -0.559. The van der Waals surface area contributed by atoms with E-state index in [0.29, 0.717) is 19.6 Å². The van der Waals surface area contributed by atoms with Crippen LogP contribution in [0.25, 0.3) is 0 Å². The molecule has 2 amide bonds. The molecule has 3 rings (SSSR count). The van der Waals surface area contributed by atoms with Crippen molar-refractivity contribution < 1.29 is 24.2 Å². The Hall–Kier alpha value is -2.32. The maximum Gasteiger partial charge on any atom is 0.410 e. The van der Waals surface area contributed by atoms with E-state index in [1.807, 2.05) is 51.1 Å². The zero-order valence-electron chi connectivity index (χ0n) is 18.1. The molecule has 2 aliphatic rings. The summed E-state index contributed by atoms with van der Waals surface area (Å²) in [6, 6.07) is 9.69. The Morgan fingerprint density at radius 3 is 2.53 bits per heavy atom. The van der Waals surface area contributed by atoms with Crippen LogP contribution in [-0.4, -0.2) is 77.1 Å². The van der Waals surface area contributed by atoms with Gasteiger partial charge in [-0.15, -0.1) is 0 Å². The molecule has 2 fully saturated rings. The molecule has 0 aromatic heterocycles. The molecular formula is C22H33N3O5. The summed E-state index contributed by atoms with van der Waals surface area (Å²) < 4.78 is 10.7. The molecular weight excluding hydrogens is 386 g/mol. The minimum Gasteiger partial charge on any atom is -0.445 e. The SMILES string of the molecule is CC(C)(C)OC(=O)N1CC(O)(CN[C@@H]2CCCN(C(=O)OCc3ccccc3)C2)C1. The number of nitrogens with one attached hydrogen (secondary N) is 1. The summed E-state index contributed by atoms with van der Waals surface area (Å²) in [5, 5.41) is 14.0. The lowest BCUT2D eigenvalue weighted by Gasteiger charge is -2.47. The summed E-state index contributed by atoms with van der Waals surface area (Å²) in [4.78, 5) is 27.6. The Labute approximate surface area is 178 Å². The van der Waals surface area contributed by atoms with Crippen molar-refractivity contribution in [3.8, 4) is 0 Å². The van der Waals surface area contributed by atoms with Crippen LogP contribution in [-0.2, 0) is 16.1 Å². The summed E-state index contributed by atoms with van der Waals surface area (Å²) in [7, 11) is 0. The summed E-state index contributed by atoms with van der Waals surface area (Å²) in [6.45, 7) is 7.77. The highest BCUT2D eigenvalue weighted by atomic mass is 16.6. The fraction of sp³-hybridized carbons (Fsp3) is 0.636. The van der Waals surface area contributed by atoms with Crippen LogP contribution in [0.15, 0.2) is 30.3 Å². The molecule has 0 spiro atoms. The monoisotopic (exact) mass is 419 g/mol. The van der Waals surface area contributed by atoms with Crippen LogP contribution in [0.5, 0.6) is 0 Å². The van der Waals surface area contributed by atoms with Crippen molar-refractivity contribution in [2.75, 3.05) is 32.7 Å². The van der Waals surface area contributed by atoms with Gasteiger partial charge in [-0.3, -0.25) is 0 Å². The van der Waals surface area contributed by atoms with E-state index in [9.17, 15) is 14.7 Å². The van der Waals surface area contributed by atoms with Gasteiger partial charge in [-0.1, -0.05) is 30.3 Å². The molecule has 0 unspecified atom stereocenters. The molecule has 30 heavy (non-hydrogen) atoms. The normalized spacial score (nSPS) is 21.0. The Morgan fingerprint density at radius 1 is 1.17 bits per heavy atom. The van der Waals surface area contributed by atoms with Crippen molar-refractivity contribution in [3.63, 3.8) is 0 Å². The van der Waals surface area contributed by atoms with Gasteiger partial charge in [-0.05, 0) is 39.2 Å². The standard InChI is InChI=1S/C22H33N3O5/c1-21(2,3)30-20(27)25-15-22(28,16-25)14-23-18-10-7-11-24(12-18)19(26)29-13-17-8-5-4-6-9-17/h4-6,8-9,18,23,28H,7,10-16H2,1-3H3/t18-/m1/s1. The van der Waals surface area contributed by atoms with Crippen LogP contribution in [0.2, 0.25) is 0 Å². The van der Waals surface area contributed by atoms with Crippen LogP contribution >= 0.6 is 0 Å². The molecule has 0 aliphatic carbocycles. The molecule has 2 N–H and O–H groups in total. The van der Waals surface area contributed by atoms with Crippen LogP contribution in [0.4, 0.5) is 9.59 Å². The van der Waals surface area contributed by atoms with Crippen molar-refractivity contribution in [2.45, 2.75) is 57.5 Å². The van der Waals surface area contributed by atoms with Gasteiger partial charge >= 0.3 is 12.2 Å². The quantitative estimate of drug-likeness (QED) is 0.761. The Kier molecular flexibility index (Phi) is 6.88. The van der Waals surface area contributed by atoms with Gasteiger partial charge in [0.05, 0.1) is 13.1 Å². The number of amides is 2. The van der Waals surface area contributed by atoms with Gasteiger partial charge in [-0.2, -0.15) is 0 Å². The first-order valence-corrected chi connectivity index (χ1v) is 10.5. The zero-order valence-corrected chi connectivity index (χ0v) is 18.1. The zero-order chi connectivity index (χ0) is 21.8. The van der Waals surface area contributed by atoms with Crippen LogP contribution in [0.1, 0.15) is 39.2 Å². The number of nitrogens with zero attached hydrogens (tertiary/aromatic N) is 2. The molecule has 1 aromatic carbocycles. The number of benzene rings is 1. The van der Waals surface area contributed by atoms with Crippen molar-refractivity contribution in [2.24, 2.45) is 0 Å². The smallest absolute Gasteiger partial charge is 0.410 e. The highest BCUT2D eigenvalue weighted by Crippen LogP contribution is 2.23. The first kappa shape index (κ1) is 22.4. The van der Waals surface area contributed by atoms with Crippen LogP contribution in [0, 0.1) is 0 Å². The molecule has 166 valence electrons. The molecule has 0 saturated carbocycles. The van der Waals surface area contributed by atoms with Gasteiger partial charge in [0, 0.05) is 25.7 Å². The van der Waals surface area contributed by atoms with Gasteiger partial charge in [-0.25, -0.2) is 9.59 Å². The highest BCUT2D eigenvalue weighted by molar-refractivity contribution is 5.69. The second-order valence-electron chi connectivity index (χ2n) is 9.27. The fourth-order valence-electron chi connectivity index (χ4n) is 3.69. The predicted molar refractivity (Wildman–Crippen MR) is 112 cm³/mol. The van der Waals surface area contributed by atoms with Gasteiger partial charge in [0.25, 0.3) is 0 Å². The lowest BCUT2D eigenvalue weighted by atomic mass is 9.93. The minimum atomic E-state index is -0.965. The number of piperidine rings is 1. The first-order valence-electron chi connectivity index (χ1n) is 10.5. The molecule has 1 atom stereocenters. The Morgan fingerprint density at radius 2 is 1.87 bits per heavy atom. The number of β-amino-alcohol motifs (C(OH)–C–C–N with tert-alkyl or cyclic N) is 1. The number of aliphatic hydroxyl groups is 1. The summed E-state index contributed by atoms with van der Waals surface area (Å²) >= 11 is 0. The van der Waals surface area contributed by atoms with E-state index in [1.165, 1.54) is 4.90 Å². The second kappa shape index (κ2) is 9.22. The van der Waals surface area contributed by atoms with Gasteiger partial charge in [0.15, 0.2) is 0 Å². The molecule has 8 nitrogen and oxygen atoms in total. The Balaban J connectivity index is 1.39. The number of hydrogen-bond acceptors (Lipinski definition) is 6. The third-order valence-corrected chi connectivity index (χ3v) is 5.23. The molecule has 0 bridgehead atoms. The number of carbonyl (C=O) groups is 2. The summed E-state index contributed by atoms with van der Waals surface area (Å²) in [6.07, 6.45) is 1.08. The maximum atomic E-state index is 12.4. The largest absolute Gasteiger partial charge is 0.445 e. The van der Waals surface area contributed by atoms with E-state index in [2.05, 4.69) is 5.32 Å². The number of hydrogen-bond donors (Lipinski definition) is 2. The predicted octanol–water partition coefficient (Wildman–Crippen LogP) is 2.36. The number of ether oxygens (including phenoxy) is 2. The third kappa shape index (κ3) is 6.34. The molecule has 2 aliphatic heterocycles. The van der Waals surface area contributed by atoms with E-state index in [4.69, 9.17) is 9.47 Å². The van der Waals surface area contributed by atoms with Gasteiger partial charge in [0.1, 0.15) is 17.8 Å². The van der Waals surface area contributed by atoms with E-state index < -0.39 is 17.3 Å². The molecule has 2 saturated heterocycles. The third-order valence-electron chi connectivity index (χ3n) is 5.23. The molecule has 8 heteroatoms. The number of rotatable bonds is 5. The fourth-order valence-corrected chi connectivity index (χ4v) is 3.69. The van der Waals surface area contributed by atoms with Crippen molar-refractivity contribution in [1.82, 2.24) is 15.1 Å². The highest BCUT2D eigenvalue weighted by Gasteiger charge is 2.45. The molecule has 1 aromatic rings. The maximum absolute atomic E-state index is 12.4. The lowest BCUT2D eigenvalue weighted by molar-refractivity contribution is -0.0975. The molecule has 2 heterocycles. The van der Waals surface area contributed by atoms with Crippen LogP contribution in [0.3, 0.4) is 0 Å². The average Bonchev–Trinajstić information content (AvgIpc) is 2.68. The Bertz CT molecular complexity index is 728. The van der Waals surface area contributed by atoms with Crippen LogP contribution < -0.4 is 5.32 Å². The minimum absolute atomic E-state index is 0.0858. The van der Waals surface area contributed by atoms with Crippen molar-refractivity contribution >= 4 is 12.2 Å². The van der Waals surface area contributed by atoms with E-state index in [0.717, 1.165) is 18.4 Å². The molecule has 0 radical (unpaired) electrons. The van der Waals surface area contributed by atoms with E-state index in [1.54, 1.807) is 4.90 Å². The average molecular weight is 420 g/mol. The van der Waals surface area contributed by atoms with Crippen molar-refractivity contribution in [1.29, 1.82) is 0 Å². The van der Waals surface area contributed by atoms with Gasteiger partial charge in [0.2, 0.25) is 0 Å². The second-order valence-corrected chi connectivity index (χ2v) is 9.27.